The summed E-state index contributed by atoms with van der Waals surface area (Å²) in [6, 6.07) is 10.7. The lowest BCUT2D eigenvalue weighted by molar-refractivity contribution is -0.154. The van der Waals surface area contributed by atoms with E-state index < -0.39 is 12.8 Å². The van der Waals surface area contributed by atoms with Crippen molar-refractivity contribution in [2.45, 2.75) is 19.3 Å². The highest BCUT2D eigenvalue weighted by atomic mass is 19.4. The van der Waals surface area contributed by atoms with Crippen molar-refractivity contribution in [3.05, 3.63) is 59.3 Å². The number of hydrogen-bond donors (Lipinski definition) is 1. The van der Waals surface area contributed by atoms with Gasteiger partial charge in [0.25, 0.3) is 5.91 Å². The third-order valence-corrected chi connectivity index (χ3v) is 4.83. The van der Waals surface area contributed by atoms with Gasteiger partial charge in [0.2, 0.25) is 5.88 Å². The largest absolute Gasteiger partial charge is 0.468 e. The zero-order valence-electron chi connectivity index (χ0n) is 16.8. The Labute approximate surface area is 173 Å². The first-order valence-corrected chi connectivity index (χ1v) is 9.71. The molecule has 1 aromatic heterocycles. The molecule has 0 spiro atoms. The van der Waals surface area contributed by atoms with E-state index in [-0.39, 0.29) is 17.4 Å². The number of halogens is 3. The number of aromatic nitrogens is 1. The van der Waals surface area contributed by atoms with Crippen LogP contribution in [-0.2, 0) is 13.1 Å². The van der Waals surface area contributed by atoms with E-state index in [0.717, 1.165) is 38.3 Å². The molecule has 1 N–H and O–H groups in total. The molecule has 9 heteroatoms. The zero-order valence-corrected chi connectivity index (χ0v) is 16.8. The van der Waals surface area contributed by atoms with E-state index in [4.69, 9.17) is 0 Å². The van der Waals surface area contributed by atoms with Gasteiger partial charge >= 0.3 is 6.18 Å². The summed E-state index contributed by atoms with van der Waals surface area (Å²) in [5.41, 5.74) is 2.43. The SMILES string of the molecule is CN1CCN(Cc2cccc(CNC(=O)c3ccc(OCC(F)(F)F)nc3)c2)CC1. The molecule has 1 saturated heterocycles. The van der Waals surface area contributed by atoms with E-state index in [1.807, 2.05) is 12.1 Å². The van der Waals surface area contributed by atoms with Crippen LogP contribution in [0.1, 0.15) is 21.5 Å². The van der Waals surface area contributed by atoms with Crippen LogP contribution in [0.15, 0.2) is 42.6 Å². The van der Waals surface area contributed by atoms with Gasteiger partial charge in [-0.2, -0.15) is 13.2 Å². The summed E-state index contributed by atoms with van der Waals surface area (Å²) in [7, 11) is 2.12. The van der Waals surface area contributed by atoms with Gasteiger partial charge in [0, 0.05) is 51.5 Å². The third kappa shape index (κ3) is 7.00. The molecule has 0 aliphatic carbocycles. The molecule has 0 saturated carbocycles. The Hall–Kier alpha value is -2.65. The second-order valence-electron chi connectivity index (χ2n) is 7.37. The number of carbonyl (C=O) groups is 1. The lowest BCUT2D eigenvalue weighted by Crippen LogP contribution is -2.43. The summed E-state index contributed by atoms with van der Waals surface area (Å²) in [4.78, 5) is 20.8. The summed E-state index contributed by atoms with van der Waals surface area (Å²) >= 11 is 0. The second-order valence-corrected chi connectivity index (χ2v) is 7.37. The van der Waals surface area contributed by atoms with Crippen molar-refractivity contribution in [2.24, 2.45) is 0 Å². The lowest BCUT2D eigenvalue weighted by atomic mass is 10.1. The molecule has 0 unspecified atom stereocenters. The first-order valence-electron chi connectivity index (χ1n) is 9.71. The summed E-state index contributed by atoms with van der Waals surface area (Å²) in [5, 5.41) is 2.81. The molecule has 1 aliphatic rings. The van der Waals surface area contributed by atoms with Crippen molar-refractivity contribution in [1.29, 1.82) is 0 Å². The number of nitrogens with zero attached hydrogens (tertiary/aromatic N) is 3. The van der Waals surface area contributed by atoms with Crippen LogP contribution in [0.25, 0.3) is 0 Å². The Kier molecular flexibility index (Phi) is 7.28. The zero-order chi connectivity index (χ0) is 21.6. The molecule has 6 nitrogen and oxygen atoms in total. The minimum Gasteiger partial charge on any atom is -0.468 e. The Morgan fingerprint density at radius 1 is 1.13 bits per heavy atom. The third-order valence-electron chi connectivity index (χ3n) is 4.83. The molecular weight excluding hydrogens is 397 g/mol. The molecule has 3 rings (SSSR count). The predicted octanol–water partition coefficient (Wildman–Crippen LogP) is 2.70. The first-order chi connectivity index (χ1) is 14.3. The van der Waals surface area contributed by atoms with Gasteiger partial charge in [0.1, 0.15) is 0 Å². The normalized spacial score (nSPS) is 15.7. The maximum Gasteiger partial charge on any atom is 0.422 e. The molecule has 1 aromatic carbocycles. The van der Waals surface area contributed by atoms with Crippen molar-refractivity contribution in [1.82, 2.24) is 20.1 Å². The van der Waals surface area contributed by atoms with Gasteiger partial charge in [-0.3, -0.25) is 9.69 Å². The van der Waals surface area contributed by atoms with Gasteiger partial charge < -0.3 is 15.0 Å². The van der Waals surface area contributed by atoms with Crippen molar-refractivity contribution in [3.8, 4) is 5.88 Å². The average molecular weight is 422 g/mol. The van der Waals surface area contributed by atoms with E-state index in [0.29, 0.717) is 6.54 Å². The van der Waals surface area contributed by atoms with E-state index >= 15 is 0 Å². The predicted molar refractivity (Wildman–Crippen MR) is 106 cm³/mol. The van der Waals surface area contributed by atoms with Crippen LogP contribution in [0, 0.1) is 0 Å². The molecule has 1 amide bonds. The van der Waals surface area contributed by atoms with E-state index in [1.54, 1.807) is 0 Å². The Bertz CT molecular complexity index is 835. The highest BCUT2D eigenvalue weighted by Crippen LogP contribution is 2.17. The number of benzene rings is 1. The monoisotopic (exact) mass is 422 g/mol. The van der Waals surface area contributed by atoms with Crippen LogP contribution < -0.4 is 10.1 Å². The number of rotatable bonds is 7. The molecule has 162 valence electrons. The van der Waals surface area contributed by atoms with Crippen molar-refractivity contribution in [3.63, 3.8) is 0 Å². The van der Waals surface area contributed by atoms with Crippen molar-refractivity contribution >= 4 is 5.91 Å². The fraction of sp³-hybridized carbons (Fsp3) is 0.429. The van der Waals surface area contributed by atoms with Crippen LogP contribution >= 0.6 is 0 Å². The van der Waals surface area contributed by atoms with E-state index in [1.165, 1.54) is 23.9 Å². The first kappa shape index (κ1) is 22.0. The summed E-state index contributed by atoms with van der Waals surface area (Å²) < 4.78 is 41.0. The van der Waals surface area contributed by atoms with Gasteiger partial charge in [-0.1, -0.05) is 24.3 Å². The molecule has 0 atom stereocenters. The van der Waals surface area contributed by atoms with Gasteiger partial charge in [-0.15, -0.1) is 0 Å². The Morgan fingerprint density at radius 2 is 1.87 bits per heavy atom. The molecule has 30 heavy (non-hydrogen) atoms. The molecule has 1 aliphatic heterocycles. The molecule has 0 radical (unpaired) electrons. The minimum absolute atomic E-state index is 0.180. The second kappa shape index (κ2) is 9.90. The fourth-order valence-corrected chi connectivity index (χ4v) is 3.14. The number of ether oxygens (including phenoxy) is 1. The number of amides is 1. The van der Waals surface area contributed by atoms with Crippen LogP contribution in [0.3, 0.4) is 0 Å². The summed E-state index contributed by atoms with van der Waals surface area (Å²) in [5.74, 6) is -0.533. The van der Waals surface area contributed by atoms with Gasteiger partial charge in [0.05, 0.1) is 5.56 Å². The minimum atomic E-state index is -4.43. The molecular formula is C21H25F3N4O2. The van der Waals surface area contributed by atoms with Crippen molar-refractivity contribution in [2.75, 3.05) is 39.8 Å². The van der Waals surface area contributed by atoms with E-state index in [9.17, 15) is 18.0 Å². The number of alkyl halides is 3. The quantitative estimate of drug-likeness (QED) is 0.744. The standard InChI is InChI=1S/C21H25F3N4O2/c1-27-7-9-28(10-8-27)14-17-4-2-3-16(11-17)12-26-20(29)18-5-6-19(25-13-18)30-15-21(22,23)24/h2-6,11,13H,7-10,12,14-15H2,1H3,(H,26,29). The Morgan fingerprint density at radius 3 is 2.53 bits per heavy atom. The number of pyridine rings is 1. The number of nitrogens with one attached hydrogen (secondary N) is 1. The summed E-state index contributed by atoms with van der Waals surface area (Å²) in [6.45, 7) is 3.99. The van der Waals surface area contributed by atoms with Crippen LogP contribution in [0.4, 0.5) is 13.2 Å². The van der Waals surface area contributed by atoms with Gasteiger partial charge in [0.15, 0.2) is 6.61 Å². The lowest BCUT2D eigenvalue weighted by Gasteiger charge is -2.32. The van der Waals surface area contributed by atoms with Crippen LogP contribution in [-0.4, -0.2) is 66.7 Å². The fourth-order valence-electron chi connectivity index (χ4n) is 3.14. The number of likely N-dealkylation sites (N-methyl/N-ethyl adjacent to an activating group) is 1. The summed E-state index contributed by atoms with van der Waals surface area (Å²) in [6.07, 6.45) is -3.23. The number of hydrogen-bond acceptors (Lipinski definition) is 5. The highest BCUT2D eigenvalue weighted by Gasteiger charge is 2.28. The highest BCUT2D eigenvalue weighted by molar-refractivity contribution is 5.93. The number of carbonyl (C=O) groups excluding carboxylic acids is 1. The van der Waals surface area contributed by atoms with Gasteiger partial charge in [-0.25, -0.2) is 4.98 Å². The van der Waals surface area contributed by atoms with E-state index in [2.05, 4.69) is 44.0 Å². The molecule has 0 bridgehead atoms. The maximum atomic E-state index is 12.3. The maximum absolute atomic E-state index is 12.3. The molecule has 2 heterocycles. The number of piperazine rings is 1. The molecule has 1 fully saturated rings. The smallest absolute Gasteiger partial charge is 0.422 e. The van der Waals surface area contributed by atoms with Crippen LogP contribution in [0.5, 0.6) is 5.88 Å². The van der Waals surface area contributed by atoms with Gasteiger partial charge in [-0.05, 0) is 24.2 Å². The molecule has 2 aromatic rings. The average Bonchev–Trinajstić information content (AvgIpc) is 2.72. The van der Waals surface area contributed by atoms with Crippen molar-refractivity contribution < 1.29 is 22.7 Å². The topological polar surface area (TPSA) is 57.7 Å². The Balaban J connectivity index is 1.49. The van der Waals surface area contributed by atoms with Crippen LogP contribution in [0.2, 0.25) is 0 Å².